The molecule has 0 bridgehead atoms. The van der Waals surface area contributed by atoms with Gasteiger partial charge < -0.3 is 14.9 Å². The molecule has 4 nitrogen and oxygen atoms in total. The van der Waals surface area contributed by atoms with Crippen molar-refractivity contribution < 1.29 is 14.4 Å². The van der Waals surface area contributed by atoms with Crippen molar-refractivity contribution in [3.05, 3.63) is 59.7 Å². The van der Waals surface area contributed by atoms with Crippen molar-refractivity contribution in [1.82, 2.24) is 9.88 Å². The highest BCUT2D eigenvalue weighted by atomic mass is 19.1. The van der Waals surface area contributed by atoms with Crippen LogP contribution in [0, 0.1) is 5.82 Å². The van der Waals surface area contributed by atoms with Gasteiger partial charge >= 0.3 is 7.12 Å². The van der Waals surface area contributed by atoms with Gasteiger partial charge in [-0.15, -0.1) is 0 Å². The van der Waals surface area contributed by atoms with Gasteiger partial charge in [0.1, 0.15) is 5.82 Å². The van der Waals surface area contributed by atoms with Crippen LogP contribution in [0.1, 0.15) is 11.1 Å². The summed E-state index contributed by atoms with van der Waals surface area (Å²) in [6.45, 7) is 1.33. The molecule has 1 heterocycles. The summed E-state index contributed by atoms with van der Waals surface area (Å²) in [5.41, 5.74) is 2.12. The Labute approximate surface area is 124 Å². The predicted octanol–water partition coefficient (Wildman–Crippen LogP) is 0.575. The number of hydrogen-bond acceptors (Lipinski definition) is 4. The van der Waals surface area contributed by atoms with E-state index in [4.69, 9.17) is 0 Å². The monoisotopic (exact) mass is 288 g/mol. The number of pyridine rings is 1. The van der Waals surface area contributed by atoms with Crippen LogP contribution in [0.2, 0.25) is 0 Å². The summed E-state index contributed by atoms with van der Waals surface area (Å²) in [6.07, 6.45) is 4.39. The van der Waals surface area contributed by atoms with E-state index in [9.17, 15) is 14.4 Å². The fourth-order valence-corrected chi connectivity index (χ4v) is 2.19. The van der Waals surface area contributed by atoms with Crippen molar-refractivity contribution in [2.45, 2.75) is 13.0 Å². The molecule has 1 aromatic carbocycles. The number of rotatable bonds is 6. The normalized spacial score (nSPS) is 10.9. The van der Waals surface area contributed by atoms with Crippen molar-refractivity contribution in [3.8, 4) is 0 Å². The molecular weight excluding hydrogens is 270 g/mol. The molecule has 0 aliphatic carbocycles. The molecule has 2 aromatic rings. The minimum absolute atomic E-state index is 0.214. The fourth-order valence-electron chi connectivity index (χ4n) is 2.19. The molecule has 0 amide bonds. The Bertz CT molecular complexity index is 581. The summed E-state index contributed by atoms with van der Waals surface area (Å²) in [5.74, 6) is -0.471. The van der Waals surface area contributed by atoms with Crippen LogP contribution >= 0.6 is 0 Å². The highest BCUT2D eigenvalue weighted by Crippen LogP contribution is 2.06. The standard InChI is InChI=1S/C15H18BFN2O2/c1-19(9-6-12-4-7-18-8-5-12)11-13-2-3-14(17)10-15(13)16(20)21/h2-5,7-8,10,20-21H,6,9,11H2,1H3. The topological polar surface area (TPSA) is 56.6 Å². The van der Waals surface area contributed by atoms with E-state index in [1.807, 2.05) is 19.2 Å². The van der Waals surface area contributed by atoms with E-state index >= 15 is 0 Å². The Morgan fingerprint density at radius 3 is 2.57 bits per heavy atom. The largest absolute Gasteiger partial charge is 0.488 e. The Hall–Kier alpha value is -1.76. The summed E-state index contributed by atoms with van der Waals surface area (Å²) >= 11 is 0. The van der Waals surface area contributed by atoms with Crippen LogP contribution in [0.4, 0.5) is 4.39 Å². The lowest BCUT2D eigenvalue weighted by atomic mass is 9.77. The van der Waals surface area contributed by atoms with Crippen molar-refractivity contribution in [3.63, 3.8) is 0 Å². The van der Waals surface area contributed by atoms with Gasteiger partial charge in [-0.05, 0) is 54.3 Å². The van der Waals surface area contributed by atoms with Gasteiger partial charge in [-0.1, -0.05) is 6.07 Å². The van der Waals surface area contributed by atoms with Gasteiger partial charge in [0.2, 0.25) is 0 Å². The van der Waals surface area contributed by atoms with Crippen LogP contribution in [-0.4, -0.2) is 40.6 Å². The minimum Gasteiger partial charge on any atom is -0.423 e. The molecule has 0 spiro atoms. The van der Waals surface area contributed by atoms with Gasteiger partial charge in [0.05, 0.1) is 0 Å². The lowest BCUT2D eigenvalue weighted by Gasteiger charge is -2.19. The quantitative estimate of drug-likeness (QED) is 0.763. The second-order valence-corrected chi connectivity index (χ2v) is 5.06. The lowest BCUT2D eigenvalue weighted by Crippen LogP contribution is -2.35. The van der Waals surface area contributed by atoms with Crippen LogP contribution in [0.3, 0.4) is 0 Å². The van der Waals surface area contributed by atoms with Gasteiger partial charge in [-0.2, -0.15) is 0 Å². The molecule has 21 heavy (non-hydrogen) atoms. The fraction of sp³-hybridized carbons (Fsp3) is 0.267. The summed E-state index contributed by atoms with van der Waals surface area (Å²) in [7, 11) is 0.280. The zero-order valence-electron chi connectivity index (χ0n) is 11.9. The SMILES string of the molecule is CN(CCc1ccncc1)Cc1ccc(F)cc1B(O)O. The minimum atomic E-state index is -1.66. The maximum absolute atomic E-state index is 13.2. The first-order chi connectivity index (χ1) is 10.1. The van der Waals surface area contributed by atoms with E-state index in [1.165, 1.54) is 11.6 Å². The average Bonchev–Trinajstić information content (AvgIpc) is 2.48. The lowest BCUT2D eigenvalue weighted by molar-refractivity contribution is 0.331. The number of benzene rings is 1. The summed E-state index contributed by atoms with van der Waals surface area (Å²) in [5, 5.41) is 18.6. The molecule has 0 fully saturated rings. The van der Waals surface area contributed by atoms with Crippen LogP contribution < -0.4 is 5.46 Å². The summed E-state index contributed by atoms with van der Waals surface area (Å²) < 4.78 is 13.2. The number of nitrogens with zero attached hydrogens (tertiary/aromatic N) is 2. The zero-order valence-corrected chi connectivity index (χ0v) is 11.9. The maximum atomic E-state index is 13.2. The average molecular weight is 288 g/mol. The molecule has 0 aliphatic rings. The Morgan fingerprint density at radius 2 is 1.90 bits per heavy atom. The van der Waals surface area contributed by atoms with Crippen LogP contribution in [0.5, 0.6) is 0 Å². The van der Waals surface area contributed by atoms with Crippen molar-refractivity contribution in [2.24, 2.45) is 0 Å². The Balaban J connectivity index is 1.98. The molecule has 6 heteroatoms. The first kappa shape index (κ1) is 15.6. The predicted molar refractivity (Wildman–Crippen MR) is 80.5 cm³/mol. The van der Waals surface area contributed by atoms with Gasteiger partial charge in [0.25, 0.3) is 0 Å². The molecule has 110 valence electrons. The van der Waals surface area contributed by atoms with Crippen LogP contribution in [-0.2, 0) is 13.0 Å². The third-order valence-corrected chi connectivity index (χ3v) is 3.36. The second-order valence-electron chi connectivity index (χ2n) is 5.06. The molecular formula is C15H18BFN2O2. The number of hydrogen-bond donors (Lipinski definition) is 2. The molecule has 0 saturated carbocycles. The molecule has 0 unspecified atom stereocenters. The summed E-state index contributed by atoms with van der Waals surface area (Å²) in [6, 6.07) is 8.02. The smallest absolute Gasteiger partial charge is 0.423 e. The molecule has 0 radical (unpaired) electrons. The van der Waals surface area contributed by atoms with Crippen molar-refractivity contribution in [1.29, 1.82) is 0 Å². The number of halogens is 1. The molecule has 0 saturated heterocycles. The first-order valence-electron chi connectivity index (χ1n) is 6.78. The van der Waals surface area contributed by atoms with Gasteiger partial charge in [-0.3, -0.25) is 4.98 Å². The van der Waals surface area contributed by atoms with Crippen LogP contribution in [0.25, 0.3) is 0 Å². The highest BCUT2D eigenvalue weighted by Gasteiger charge is 2.17. The number of aromatic nitrogens is 1. The third kappa shape index (κ3) is 4.63. The molecule has 0 aliphatic heterocycles. The zero-order chi connectivity index (χ0) is 15.2. The van der Waals surface area contributed by atoms with Gasteiger partial charge in [-0.25, -0.2) is 4.39 Å². The molecule has 1 aromatic heterocycles. The van der Waals surface area contributed by atoms with E-state index < -0.39 is 12.9 Å². The highest BCUT2D eigenvalue weighted by molar-refractivity contribution is 6.59. The van der Waals surface area contributed by atoms with Crippen molar-refractivity contribution in [2.75, 3.05) is 13.6 Å². The Morgan fingerprint density at radius 1 is 1.19 bits per heavy atom. The molecule has 2 rings (SSSR count). The van der Waals surface area contributed by atoms with E-state index in [1.54, 1.807) is 18.5 Å². The maximum Gasteiger partial charge on any atom is 0.488 e. The first-order valence-corrected chi connectivity index (χ1v) is 6.78. The summed E-state index contributed by atoms with van der Waals surface area (Å²) in [4.78, 5) is 6.03. The number of likely N-dealkylation sites (N-methyl/N-ethyl adjacent to an activating group) is 1. The van der Waals surface area contributed by atoms with Gasteiger partial charge in [0, 0.05) is 25.5 Å². The molecule has 0 atom stereocenters. The van der Waals surface area contributed by atoms with E-state index in [-0.39, 0.29) is 5.46 Å². The Kier molecular flexibility index (Phi) is 5.44. The molecule has 2 N–H and O–H groups in total. The van der Waals surface area contributed by atoms with E-state index in [2.05, 4.69) is 9.88 Å². The van der Waals surface area contributed by atoms with E-state index in [0.29, 0.717) is 12.1 Å². The van der Waals surface area contributed by atoms with Crippen LogP contribution in [0.15, 0.2) is 42.7 Å². The van der Waals surface area contributed by atoms with Crippen molar-refractivity contribution >= 4 is 12.6 Å². The van der Waals surface area contributed by atoms with E-state index in [0.717, 1.165) is 19.0 Å². The second kappa shape index (κ2) is 7.31. The van der Waals surface area contributed by atoms with Gasteiger partial charge in [0.15, 0.2) is 0 Å². The third-order valence-electron chi connectivity index (χ3n) is 3.36.